The van der Waals surface area contributed by atoms with Gasteiger partial charge in [0.05, 0.1) is 0 Å². The highest BCUT2D eigenvalue weighted by atomic mass is 16.6. The highest BCUT2D eigenvalue weighted by molar-refractivity contribution is 5.67. The number of nitrogens with one attached hydrogen (secondary N) is 1. The van der Waals surface area contributed by atoms with Gasteiger partial charge in [0.25, 0.3) is 0 Å². The molecule has 0 radical (unpaired) electrons. The van der Waals surface area contributed by atoms with Gasteiger partial charge in [-0.2, -0.15) is 0 Å². The molecule has 4 heteroatoms. The lowest BCUT2D eigenvalue weighted by Crippen LogP contribution is -2.33. The predicted octanol–water partition coefficient (Wildman–Crippen LogP) is 1.85. The summed E-state index contributed by atoms with van der Waals surface area (Å²) >= 11 is 0. The van der Waals surface area contributed by atoms with E-state index in [2.05, 4.69) is 10.2 Å². The minimum atomic E-state index is -0.409. The molecule has 0 fully saturated rings. The number of ether oxygens (including phenoxy) is 1. The Hall–Kier alpha value is -0.770. The Labute approximate surface area is 93.0 Å². The second-order valence-corrected chi connectivity index (χ2v) is 4.94. The molecular formula is C11H24N2O2. The second kappa shape index (κ2) is 6.67. The zero-order valence-electron chi connectivity index (χ0n) is 10.6. The van der Waals surface area contributed by atoms with Crippen molar-refractivity contribution in [3.63, 3.8) is 0 Å². The van der Waals surface area contributed by atoms with Gasteiger partial charge in [0.15, 0.2) is 0 Å². The maximum absolute atomic E-state index is 11.2. The van der Waals surface area contributed by atoms with Crippen molar-refractivity contribution in [3.05, 3.63) is 0 Å². The number of carbonyl (C=O) groups excluding carboxylic acids is 1. The average molecular weight is 216 g/mol. The van der Waals surface area contributed by atoms with Crippen LogP contribution in [0.3, 0.4) is 0 Å². The lowest BCUT2D eigenvalue weighted by Gasteiger charge is -2.19. The van der Waals surface area contributed by atoms with E-state index >= 15 is 0 Å². The standard InChI is InChI=1S/C11H24N2O2/c1-11(2,3)15-10(14)12-8-6-7-9-13(4)5/h6-9H2,1-5H3,(H,12,14). The third-order valence-corrected chi connectivity index (χ3v) is 1.70. The number of hydrogen-bond acceptors (Lipinski definition) is 3. The molecule has 4 nitrogen and oxygen atoms in total. The number of rotatable bonds is 5. The summed E-state index contributed by atoms with van der Waals surface area (Å²) in [5.74, 6) is 0. The molecule has 15 heavy (non-hydrogen) atoms. The van der Waals surface area contributed by atoms with Gasteiger partial charge < -0.3 is 15.0 Å². The maximum Gasteiger partial charge on any atom is 0.407 e. The van der Waals surface area contributed by atoms with Crippen molar-refractivity contribution in [1.82, 2.24) is 10.2 Å². The van der Waals surface area contributed by atoms with E-state index in [1.807, 2.05) is 34.9 Å². The van der Waals surface area contributed by atoms with Gasteiger partial charge in [-0.3, -0.25) is 0 Å². The number of unbranched alkanes of at least 4 members (excludes halogenated alkanes) is 1. The highest BCUT2D eigenvalue weighted by Crippen LogP contribution is 2.06. The predicted molar refractivity (Wildman–Crippen MR) is 62.0 cm³/mol. The molecule has 0 aliphatic carbocycles. The largest absolute Gasteiger partial charge is 0.444 e. The van der Waals surface area contributed by atoms with E-state index in [9.17, 15) is 4.79 Å². The van der Waals surface area contributed by atoms with Crippen LogP contribution in [0.25, 0.3) is 0 Å². The zero-order valence-corrected chi connectivity index (χ0v) is 10.6. The van der Waals surface area contributed by atoms with E-state index < -0.39 is 5.60 Å². The molecule has 0 aromatic carbocycles. The third-order valence-electron chi connectivity index (χ3n) is 1.70. The monoisotopic (exact) mass is 216 g/mol. The van der Waals surface area contributed by atoms with Gasteiger partial charge in [0.1, 0.15) is 5.60 Å². The van der Waals surface area contributed by atoms with E-state index in [1.165, 1.54) is 0 Å². The summed E-state index contributed by atoms with van der Waals surface area (Å²) in [6.45, 7) is 7.31. The van der Waals surface area contributed by atoms with Crippen LogP contribution < -0.4 is 5.32 Å². The number of carbonyl (C=O) groups is 1. The van der Waals surface area contributed by atoms with Crippen LogP contribution in [-0.2, 0) is 4.74 Å². The van der Waals surface area contributed by atoms with Crippen LogP contribution in [0.4, 0.5) is 4.79 Å². The number of nitrogens with zero attached hydrogens (tertiary/aromatic N) is 1. The molecule has 0 aromatic rings. The summed E-state index contributed by atoms with van der Waals surface area (Å²) in [6.07, 6.45) is 1.74. The summed E-state index contributed by atoms with van der Waals surface area (Å²) in [5.41, 5.74) is -0.409. The molecule has 0 aromatic heterocycles. The highest BCUT2D eigenvalue weighted by Gasteiger charge is 2.15. The molecule has 0 atom stereocenters. The van der Waals surface area contributed by atoms with Gasteiger partial charge >= 0.3 is 6.09 Å². The van der Waals surface area contributed by atoms with Crippen LogP contribution in [0, 0.1) is 0 Å². The lowest BCUT2D eigenvalue weighted by molar-refractivity contribution is 0.0527. The van der Waals surface area contributed by atoms with Crippen molar-refractivity contribution in [2.75, 3.05) is 27.2 Å². The van der Waals surface area contributed by atoms with Crippen molar-refractivity contribution in [2.24, 2.45) is 0 Å². The van der Waals surface area contributed by atoms with E-state index in [-0.39, 0.29) is 6.09 Å². The molecule has 0 aliphatic heterocycles. The first kappa shape index (κ1) is 14.2. The molecule has 1 N–H and O–H groups in total. The Morgan fingerprint density at radius 3 is 2.33 bits per heavy atom. The van der Waals surface area contributed by atoms with Gasteiger partial charge in [0, 0.05) is 6.54 Å². The number of alkyl carbamates (subject to hydrolysis) is 1. The topological polar surface area (TPSA) is 41.6 Å². The van der Waals surface area contributed by atoms with Crippen molar-refractivity contribution in [1.29, 1.82) is 0 Å². The quantitative estimate of drug-likeness (QED) is 0.713. The van der Waals surface area contributed by atoms with Crippen LogP contribution in [0.1, 0.15) is 33.6 Å². The zero-order chi connectivity index (χ0) is 11.9. The Kier molecular flexibility index (Phi) is 6.32. The maximum atomic E-state index is 11.2. The number of hydrogen-bond donors (Lipinski definition) is 1. The van der Waals surface area contributed by atoms with Gasteiger partial charge in [-0.1, -0.05) is 0 Å². The van der Waals surface area contributed by atoms with E-state index in [0.29, 0.717) is 6.54 Å². The molecule has 0 bridgehead atoms. The first-order chi connectivity index (χ1) is 6.81. The molecule has 0 aliphatic rings. The molecule has 0 saturated carbocycles. The van der Waals surface area contributed by atoms with E-state index in [1.54, 1.807) is 0 Å². The van der Waals surface area contributed by atoms with Crippen molar-refractivity contribution in [3.8, 4) is 0 Å². The molecule has 90 valence electrons. The smallest absolute Gasteiger partial charge is 0.407 e. The lowest BCUT2D eigenvalue weighted by atomic mass is 10.2. The summed E-state index contributed by atoms with van der Waals surface area (Å²) in [4.78, 5) is 13.3. The number of amides is 1. The Morgan fingerprint density at radius 1 is 1.27 bits per heavy atom. The van der Waals surface area contributed by atoms with Crippen LogP contribution >= 0.6 is 0 Å². The first-order valence-electron chi connectivity index (χ1n) is 5.43. The van der Waals surface area contributed by atoms with Crippen LogP contribution in [0.2, 0.25) is 0 Å². The van der Waals surface area contributed by atoms with Crippen molar-refractivity contribution >= 4 is 6.09 Å². The fraction of sp³-hybridized carbons (Fsp3) is 0.909. The van der Waals surface area contributed by atoms with Crippen LogP contribution in [0.5, 0.6) is 0 Å². The van der Waals surface area contributed by atoms with Crippen LogP contribution in [-0.4, -0.2) is 43.8 Å². The fourth-order valence-corrected chi connectivity index (χ4v) is 1.06. The molecule has 0 heterocycles. The minimum absolute atomic E-state index is 0.327. The van der Waals surface area contributed by atoms with Gasteiger partial charge in [-0.25, -0.2) is 4.79 Å². The summed E-state index contributed by atoms with van der Waals surface area (Å²) in [7, 11) is 4.09. The Morgan fingerprint density at radius 2 is 1.87 bits per heavy atom. The molecule has 0 unspecified atom stereocenters. The van der Waals surface area contributed by atoms with Gasteiger partial charge in [0.2, 0.25) is 0 Å². The third kappa shape index (κ3) is 11.2. The Balaban J connectivity index is 3.40. The van der Waals surface area contributed by atoms with Crippen molar-refractivity contribution in [2.45, 2.75) is 39.2 Å². The minimum Gasteiger partial charge on any atom is -0.444 e. The molecule has 0 spiro atoms. The van der Waals surface area contributed by atoms with E-state index in [4.69, 9.17) is 4.74 Å². The SMILES string of the molecule is CN(C)CCCCNC(=O)OC(C)(C)C. The second-order valence-electron chi connectivity index (χ2n) is 4.94. The summed E-state index contributed by atoms with van der Waals surface area (Å²) < 4.78 is 5.10. The molecule has 1 amide bonds. The average Bonchev–Trinajstić information content (AvgIpc) is 1.99. The molecule has 0 saturated heterocycles. The molecular weight excluding hydrogens is 192 g/mol. The fourth-order valence-electron chi connectivity index (χ4n) is 1.06. The van der Waals surface area contributed by atoms with Gasteiger partial charge in [-0.15, -0.1) is 0 Å². The van der Waals surface area contributed by atoms with Crippen molar-refractivity contribution < 1.29 is 9.53 Å². The summed E-state index contributed by atoms with van der Waals surface area (Å²) in [6, 6.07) is 0. The first-order valence-corrected chi connectivity index (χ1v) is 5.43. The molecule has 0 rings (SSSR count). The Bertz CT molecular complexity index is 186. The van der Waals surface area contributed by atoms with Gasteiger partial charge in [-0.05, 0) is 54.3 Å². The summed E-state index contributed by atoms with van der Waals surface area (Å²) in [5, 5.41) is 2.73. The normalized spacial score (nSPS) is 11.6. The van der Waals surface area contributed by atoms with Crippen LogP contribution in [0.15, 0.2) is 0 Å². The van der Waals surface area contributed by atoms with E-state index in [0.717, 1.165) is 19.4 Å².